The number of carboxylic acids is 1. The van der Waals surface area contributed by atoms with Crippen LogP contribution in [0.2, 0.25) is 0 Å². The van der Waals surface area contributed by atoms with Gasteiger partial charge in [0.15, 0.2) is 0 Å². The average Bonchev–Trinajstić information content (AvgIpc) is 2.29. The molecule has 1 aliphatic rings. The van der Waals surface area contributed by atoms with E-state index in [0.717, 1.165) is 0 Å². The van der Waals surface area contributed by atoms with Crippen LogP contribution in [0.25, 0.3) is 0 Å². The highest BCUT2D eigenvalue weighted by atomic mass is 16.4. The van der Waals surface area contributed by atoms with Gasteiger partial charge in [0.05, 0.1) is 0 Å². The molecule has 3 N–H and O–H groups in total. The first-order valence-corrected chi connectivity index (χ1v) is 5.30. The predicted octanol–water partition coefficient (Wildman–Crippen LogP) is -0.378. The molecule has 7 heteroatoms. The van der Waals surface area contributed by atoms with Crippen LogP contribution in [0.3, 0.4) is 0 Å². The summed E-state index contributed by atoms with van der Waals surface area (Å²) in [6.45, 7) is 3.09. The van der Waals surface area contributed by atoms with E-state index in [2.05, 4.69) is 15.8 Å². The lowest BCUT2D eigenvalue weighted by Gasteiger charge is -2.25. The summed E-state index contributed by atoms with van der Waals surface area (Å²) in [5.41, 5.74) is 1.01. The minimum Gasteiger partial charge on any atom is -0.480 e. The van der Waals surface area contributed by atoms with Crippen molar-refractivity contribution >= 4 is 23.5 Å². The lowest BCUT2D eigenvalue weighted by Crippen LogP contribution is -2.54. The Hall–Kier alpha value is -1.92. The summed E-state index contributed by atoms with van der Waals surface area (Å²) in [5, 5.41) is 15.0. The Labute approximate surface area is 98.3 Å². The molecule has 1 unspecified atom stereocenters. The third kappa shape index (κ3) is 3.02. The number of hydrogen-bond donors (Lipinski definition) is 3. The van der Waals surface area contributed by atoms with E-state index in [4.69, 9.17) is 5.11 Å². The largest absolute Gasteiger partial charge is 0.480 e. The second-order valence-corrected chi connectivity index (χ2v) is 4.04. The number of aliphatic carboxylic acids is 1. The minimum absolute atomic E-state index is 0.144. The van der Waals surface area contributed by atoms with Crippen molar-refractivity contribution in [1.82, 2.24) is 10.7 Å². The van der Waals surface area contributed by atoms with Gasteiger partial charge in [-0.05, 0) is 13.3 Å². The molecule has 1 atom stereocenters. The van der Waals surface area contributed by atoms with Gasteiger partial charge in [-0.3, -0.25) is 9.59 Å². The molecule has 0 aromatic rings. The van der Waals surface area contributed by atoms with E-state index in [1.807, 2.05) is 0 Å². The van der Waals surface area contributed by atoms with Crippen molar-refractivity contribution in [3.05, 3.63) is 0 Å². The summed E-state index contributed by atoms with van der Waals surface area (Å²) >= 11 is 0. The highest BCUT2D eigenvalue weighted by molar-refractivity contribution is 6.40. The van der Waals surface area contributed by atoms with E-state index < -0.39 is 17.4 Å². The number of carboxylic acid groups (broad SMARTS) is 1. The Bertz CT molecular complexity index is 391. The van der Waals surface area contributed by atoms with Gasteiger partial charge in [-0.1, -0.05) is 6.92 Å². The molecule has 0 saturated carbocycles. The summed E-state index contributed by atoms with van der Waals surface area (Å²) in [6, 6.07) is 0. The third-order valence-electron chi connectivity index (χ3n) is 2.74. The van der Waals surface area contributed by atoms with Crippen LogP contribution in [-0.2, 0) is 14.4 Å². The molecule has 1 heterocycles. The molecular formula is C10H15N3O4. The Kier molecular flexibility index (Phi) is 3.82. The standard InChI is InChI=1S/C10H15N3O4/c1-3-10(2,9(16)17)11-8(15)6-4-5-7(14)13-12-6/h3-5H2,1-2H3,(H,11,15)(H,13,14)(H,16,17). The predicted molar refractivity (Wildman–Crippen MR) is 59.3 cm³/mol. The lowest BCUT2D eigenvalue weighted by molar-refractivity contribution is -0.146. The SMILES string of the molecule is CCC(C)(NC(=O)C1=NNC(=O)CC1)C(=O)O. The molecule has 7 nitrogen and oxygen atoms in total. The topological polar surface area (TPSA) is 108 Å². The summed E-state index contributed by atoms with van der Waals surface area (Å²) in [6.07, 6.45) is 0.660. The summed E-state index contributed by atoms with van der Waals surface area (Å²) in [4.78, 5) is 33.6. The van der Waals surface area contributed by atoms with Crippen LogP contribution < -0.4 is 10.7 Å². The van der Waals surface area contributed by atoms with Gasteiger partial charge in [-0.2, -0.15) is 5.10 Å². The van der Waals surface area contributed by atoms with Crippen molar-refractivity contribution in [3.8, 4) is 0 Å². The molecular weight excluding hydrogens is 226 g/mol. The number of rotatable bonds is 4. The zero-order chi connectivity index (χ0) is 13.1. The Morgan fingerprint density at radius 2 is 2.18 bits per heavy atom. The van der Waals surface area contributed by atoms with Crippen molar-refractivity contribution in [2.45, 2.75) is 38.6 Å². The average molecular weight is 241 g/mol. The van der Waals surface area contributed by atoms with Crippen molar-refractivity contribution in [3.63, 3.8) is 0 Å². The molecule has 0 aromatic carbocycles. The number of hydrazone groups is 1. The van der Waals surface area contributed by atoms with Gasteiger partial charge in [0, 0.05) is 12.8 Å². The van der Waals surface area contributed by atoms with E-state index >= 15 is 0 Å². The van der Waals surface area contributed by atoms with Crippen LogP contribution in [0.4, 0.5) is 0 Å². The maximum Gasteiger partial charge on any atom is 0.329 e. The first-order chi connectivity index (χ1) is 7.89. The minimum atomic E-state index is -1.32. The van der Waals surface area contributed by atoms with Crippen LogP contribution in [0.15, 0.2) is 5.10 Å². The molecule has 0 aromatic heterocycles. The number of amides is 2. The molecule has 0 aliphatic carbocycles. The number of hydrogen-bond acceptors (Lipinski definition) is 4. The molecule has 0 spiro atoms. The molecule has 17 heavy (non-hydrogen) atoms. The lowest BCUT2D eigenvalue weighted by atomic mass is 9.98. The second-order valence-electron chi connectivity index (χ2n) is 4.04. The summed E-state index contributed by atoms with van der Waals surface area (Å²) in [5.74, 6) is -1.91. The fourth-order valence-corrected chi connectivity index (χ4v) is 1.25. The Morgan fingerprint density at radius 1 is 1.53 bits per heavy atom. The van der Waals surface area contributed by atoms with Crippen LogP contribution in [0, 0.1) is 0 Å². The van der Waals surface area contributed by atoms with E-state index in [9.17, 15) is 14.4 Å². The Balaban J connectivity index is 2.72. The maximum atomic E-state index is 11.7. The van der Waals surface area contributed by atoms with E-state index in [0.29, 0.717) is 0 Å². The molecule has 0 saturated heterocycles. The first kappa shape index (κ1) is 13.1. The van der Waals surface area contributed by atoms with Gasteiger partial charge in [0.2, 0.25) is 5.91 Å². The van der Waals surface area contributed by atoms with Gasteiger partial charge in [0.1, 0.15) is 11.3 Å². The summed E-state index contributed by atoms with van der Waals surface area (Å²) < 4.78 is 0. The summed E-state index contributed by atoms with van der Waals surface area (Å²) in [7, 11) is 0. The zero-order valence-corrected chi connectivity index (χ0v) is 9.74. The quantitative estimate of drug-likeness (QED) is 0.623. The van der Waals surface area contributed by atoms with Crippen LogP contribution in [0.5, 0.6) is 0 Å². The normalized spacial score (nSPS) is 18.7. The molecule has 1 rings (SSSR count). The molecule has 0 fully saturated rings. The number of carbonyl (C=O) groups is 3. The third-order valence-corrected chi connectivity index (χ3v) is 2.74. The first-order valence-electron chi connectivity index (χ1n) is 5.30. The van der Waals surface area contributed by atoms with Gasteiger partial charge >= 0.3 is 5.97 Å². The molecule has 0 radical (unpaired) electrons. The molecule has 94 valence electrons. The maximum absolute atomic E-state index is 11.7. The smallest absolute Gasteiger partial charge is 0.329 e. The zero-order valence-electron chi connectivity index (χ0n) is 9.74. The van der Waals surface area contributed by atoms with Crippen molar-refractivity contribution in [2.75, 3.05) is 0 Å². The van der Waals surface area contributed by atoms with Crippen LogP contribution in [0.1, 0.15) is 33.1 Å². The second kappa shape index (κ2) is 4.94. The van der Waals surface area contributed by atoms with Crippen molar-refractivity contribution in [1.29, 1.82) is 0 Å². The van der Waals surface area contributed by atoms with E-state index in [-0.39, 0.29) is 30.9 Å². The number of nitrogens with one attached hydrogen (secondary N) is 2. The number of carbonyl (C=O) groups excluding carboxylic acids is 2. The van der Waals surface area contributed by atoms with Crippen molar-refractivity contribution in [2.24, 2.45) is 5.10 Å². The van der Waals surface area contributed by atoms with Gasteiger partial charge in [-0.25, -0.2) is 10.2 Å². The van der Waals surface area contributed by atoms with E-state index in [1.54, 1.807) is 6.92 Å². The fourth-order valence-electron chi connectivity index (χ4n) is 1.25. The van der Waals surface area contributed by atoms with Crippen molar-refractivity contribution < 1.29 is 19.5 Å². The fraction of sp³-hybridized carbons (Fsp3) is 0.600. The molecule has 0 bridgehead atoms. The van der Waals surface area contributed by atoms with E-state index in [1.165, 1.54) is 6.92 Å². The highest BCUT2D eigenvalue weighted by Crippen LogP contribution is 2.10. The van der Waals surface area contributed by atoms with Gasteiger partial charge < -0.3 is 10.4 Å². The van der Waals surface area contributed by atoms with Crippen LogP contribution in [-0.4, -0.2) is 34.1 Å². The monoisotopic (exact) mass is 241 g/mol. The number of nitrogens with zero attached hydrogens (tertiary/aromatic N) is 1. The molecule has 1 aliphatic heterocycles. The van der Waals surface area contributed by atoms with Gasteiger partial charge in [-0.15, -0.1) is 0 Å². The van der Waals surface area contributed by atoms with Crippen LogP contribution >= 0.6 is 0 Å². The molecule has 2 amide bonds. The highest BCUT2D eigenvalue weighted by Gasteiger charge is 2.34. The Morgan fingerprint density at radius 3 is 2.59 bits per heavy atom. The van der Waals surface area contributed by atoms with Gasteiger partial charge in [0.25, 0.3) is 5.91 Å².